The van der Waals surface area contributed by atoms with Crippen LogP contribution in [0.25, 0.3) is 0 Å². The van der Waals surface area contributed by atoms with Crippen molar-refractivity contribution in [3.63, 3.8) is 0 Å². The molecule has 2 radical (unpaired) electrons. The van der Waals surface area contributed by atoms with Crippen molar-refractivity contribution in [3.8, 4) is 0 Å². The second kappa shape index (κ2) is 25.1. The van der Waals surface area contributed by atoms with Crippen molar-refractivity contribution >= 4 is 31.9 Å². The molecular weight excluding hydrogens is 707 g/mol. The van der Waals surface area contributed by atoms with Crippen molar-refractivity contribution in [3.05, 3.63) is 79.3 Å². The Morgan fingerprint density at radius 2 is 0.743 bits per heavy atom. The molecule has 0 heterocycles. The third-order valence-electron chi connectivity index (χ3n) is 5.81. The fraction of sp³-hybridized carbons (Fsp3) is 0.533. The first-order valence-electron chi connectivity index (χ1n) is 11.4. The van der Waals surface area contributed by atoms with Crippen molar-refractivity contribution in [2.75, 3.05) is 40.0 Å². The first kappa shape index (κ1) is 45.7. The second-order valence-electron chi connectivity index (χ2n) is 9.45. The van der Waals surface area contributed by atoms with E-state index in [1.165, 1.54) is 61.7 Å². The molecule has 0 saturated heterocycles. The summed E-state index contributed by atoms with van der Waals surface area (Å²) in [5.74, 6) is 0. The van der Waals surface area contributed by atoms with Gasteiger partial charge >= 0.3 is 78.7 Å². The summed E-state index contributed by atoms with van der Waals surface area (Å²) in [6.45, 7) is 40.3. The first-order valence-corrected chi connectivity index (χ1v) is 17.8. The minimum atomic E-state index is 0. The van der Waals surface area contributed by atoms with Crippen LogP contribution in [0.3, 0.4) is 0 Å². The van der Waals surface area contributed by atoms with E-state index in [0.717, 1.165) is 0 Å². The summed E-state index contributed by atoms with van der Waals surface area (Å²) in [6.07, 6.45) is 3.19. The molecule has 2 rings (SSSR count). The zero-order valence-electron chi connectivity index (χ0n) is 25.3. The third kappa shape index (κ3) is 20.4. The molecule has 0 unspecified atom stereocenters. The fourth-order valence-electron chi connectivity index (χ4n) is 2.86. The van der Waals surface area contributed by atoms with Crippen LogP contribution in [0.1, 0.15) is 55.6 Å². The molecule has 5 heteroatoms. The normalized spacial score (nSPS) is 9.31. The van der Waals surface area contributed by atoms with E-state index in [4.69, 9.17) is 6.58 Å². The number of hydrogen-bond donors (Lipinski definition) is 0. The Balaban J connectivity index is -0.000000113. The largest absolute Gasteiger partial charge is 2.00 e. The summed E-state index contributed by atoms with van der Waals surface area (Å²) in [4.78, 5) is 1.75. The standard InChI is InChI=1S/2C10H15.C4H5Se.2C3H9P.2Rh/c2*1-6-7(2)9(4)10(5)8(6)3;1-2-3-4-5;2*1-4(2)3;;/h2*1-5H3;1-5H;2*1-3H3;;/q3*-1;;;2*+2/p-1/b;;4-3-;;;;. The SMILES string of the molecule is CP(C)C.CP(C)C.Cc1c(C)c(C)[c-](C)c1C.Cc1c(C)c(C)[c-](C)c1C.[CH-]=C/C=C\[Se-].[Rh+2].[Rh+2]. The Hall–Kier alpha value is 0.806. The molecule has 0 spiro atoms. The van der Waals surface area contributed by atoms with Gasteiger partial charge in [0.2, 0.25) is 0 Å². The number of rotatable bonds is 1. The van der Waals surface area contributed by atoms with E-state index in [1.807, 2.05) is 0 Å². The average Bonchev–Trinajstić information content (AvgIpc) is 2.99. The van der Waals surface area contributed by atoms with Crippen molar-refractivity contribution in [1.29, 1.82) is 0 Å². The Kier molecular flexibility index (Phi) is 32.8. The van der Waals surface area contributed by atoms with Crippen LogP contribution >= 0.6 is 15.8 Å². The van der Waals surface area contributed by atoms with Crippen LogP contribution in [0.4, 0.5) is 0 Å². The van der Waals surface area contributed by atoms with Gasteiger partial charge in [-0.2, -0.15) is 55.6 Å². The molecule has 0 bridgehead atoms. The summed E-state index contributed by atoms with van der Waals surface area (Å²) in [7, 11) is 0.759. The molecule has 0 aliphatic heterocycles. The first-order chi connectivity index (χ1) is 15.0. The average molecular weight is 759 g/mol. The fourth-order valence-corrected chi connectivity index (χ4v) is 3.05. The molecule has 0 N–H and O–H groups in total. The predicted molar refractivity (Wildman–Crippen MR) is 165 cm³/mol. The van der Waals surface area contributed by atoms with Gasteiger partial charge in [0.1, 0.15) is 0 Å². The van der Waals surface area contributed by atoms with Crippen LogP contribution < -0.4 is 0 Å². The molecule has 2 aromatic carbocycles. The van der Waals surface area contributed by atoms with Crippen molar-refractivity contribution in [2.24, 2.45) is 0 Å². The van der Waals surface area contributed by atoms with Crippen LogP contribution in [-0.2, 0) is 39.0 Å². The Morgan fingerprint density at radius 1 is 0.571 bits per heavy atom. The maximum absolute atomic E-state index is 4.91. The topological polar surface area (TPSA) is 0 Å². The van der Waals surface area contributed by atoms with Crippen LogP contribution in [0.5, 0.6) is 0 Å². The summed E-state index contributed by atoms with van der Waals surface area (Å²) < 4.78 is 0. The molecule has 35 heavy (non-hydrogen) atoms. The van der Waals surface area contributed by atoms with Gasteiger partial charge < -0.3 is 0 Å². The minimum absolute atomic E-state index is 0. The molecule has 0 aliphatic rings. The Morgan fingerprint density at radius 3 is 0.771 bits per heavy atom. The van der Waals surface area contributed by atoms with Crippen LogP contribution in [0.15, 0.2) is 17.1 Å². The molecule has 0 aliphatic carbocycles. The van der Waals surface area contributed by atoms with Gasteiger partial charge in [-0.05, 0) is 40.0 Å². The second-order valence-corrected chi connectivity index (χ2v) is 15.4. The Labute approximate surface area is 257 Å². The van der Waals surface area contributed by atoms with E-state index >= 15 is 0 Å². The zero-order valence-corrected chi connectivity index (χ0v) is 32.1. The van der Waals surface area contributed by atoms with E-state index < -0.39 is 0 Å². The van der Waals surface area contributed by atoms with Gasteiger partial charge in [0.15, 0.2) is 0 Å². The summed E-state index contributed by atoms with van der Waals surface area (Å²) in [5, 5.41) is 0. The van der Waals surface area contributed by atoms with Gasteiger partial charge in [-0.15, -0.1) is 15.8 Å². The van der Waals surface area contributed by atoms with Gasteiger partial charge in [-0.1, -0.05) is 69.2 Å². The van der Waals surface area contributed by atoms with Gasteiger partial charge in [0, 0.05) is 0 Å². The monoisotopic (exact) mass is 760 g/mol. The molecule has 0 fully saturated rings. The minimum Gasteiger partial charge on any atom is 2.00 e. The van der Waals surface area contributed by atoms with Gasteiger partial charge in [0.05, 0.1) is 0 Å². The van der Waals surface area contributed by atoms with Gasteiger partial charge in [-0.3, -0.25) is 0 Å². The maximum Gasteiger partial charge on any atom is 2.00 e. The van der Waals surface area contributed by atoms with Crippen LogP contribution in [-0.4, -0.2) is 56.0 Å². The van der Waals surface area contributed by atoms with Crippen molar-refractivity contribution in [2.45, 2.75) is 69.2 Å². The maximum atomic E-state index is 4.91. The van der Waals surface area contributed by atoms with Crippen molar-refractivity contribution < 1.29 is 39.0 Å². The smallest absolute Gasteiger partial charge is 2.00 e. The quantitative estimate of drug-likeness (QED) is 0.118. The molecule has 0 atom stereocenters. The number of allylic oxidation sites excluding steroid dienone is 2. The van der Waals surface area contributed by atoms with Crippen LogP contribution in [0.2, 0.25) is 0 Å². The van der Waals surface area contributed by atoms with E-state index in [9.17, 15) is 0 Å². The van der Waals surface area contributed by atoms with E-state index in [2.05, 4.69) is 125 Å². The molecule has 2 aromatic rings. The van der Waals surface area contributed by atoms with Gasteiger partial charge in [-0.25, -0.2) is 0 Å². The third-order valence-corrected chi connectivity index (χ3v) is 6.14. The molecule has 0 saturated carbocycles. The van der Waals surface area contributed by atoms with E-state index in [0.29, 0.717) is 15.8 Å². The summed E-state index contributed by atoms with van der Waals surface area (Å²) in [5.41, 5.74) is 14.7. The summed E-state index contributed by atoms with van der Waals surface area (Å²) >= 11 is 2.65. The molecular formula is C30H52P2Rh2Se. The van der Waals surface area contributed by atoms with Crippen molar-refractivity contribution in [1.82, 2.24) is 0 Å². The van der Waals surface area contributed by atoms with Gasteiger partial charge in [0.25, 0.3) is 0 Å². The van der Waals surface area contributed by atoms with Crippen LogP contribution in [0, 0.1) is 75.8 Å². The van der Waals surface area contributed by atoms with E-state index in [-0.39, 0.29) is 39.0 Å². The van der Waals surface area contributed by atoms with E-state index in [1.54, 1.807) is 11.1 Å². The molecule has 206 valence electrons. The Bertz CT molecular complexity index is 613. The number of hydrogen-bond acceptors (Lipinski definition) is 0. The molecule has 0 amide bonds. The molecule has 0 aromatic heterocycles. The zero-order chi connectivity index (χ0) is 27.0. The predicted octanol–water partition coefficient (Wildman–Crippen LogP) is 9.26. The molecule has 0 nitrogen and oxygen atoms in total. The summed E-state index contributed by atoms with van der Waals surface area (Å²) in [6, 6.07) is 0.